The molecule has 1 amide bonds. The predicted octanol–water partition coefficient (Wildman–Crippen LogP) is 1.79. The Hall–Kier alpha value is -5.29. The van der Waals surface area contributed by atoms with E-state index in [2.05, 4.69) is 5.32 Å². The average molecular weight is 704 g/mol. The van der Waals surface area contributed by atoms with E-state index in [9.17, 15) is 38.7 Å². The molecular weight excluding hydrogens is 666 g/mol. The lowest BCUT2D eigenvalue weighted by atomic mass is 9.83. The number of nitrogens with one attached hydrogen (secondary N) is 1. The van der Waals surface area contributed by atoms with Crippen LogP contribution in [0, 0.1) is 11.8 Å². The minimum absolute atomic E-state index is 0.0283. The number of hydrogen-bond acceptors (Lipinski definition) is 15. The van der Waals surface area contributed by atoms with Gasteiger partial charge >= 0.3 is 35.8 Å². The van der Waals surface area contributed by atoms with Gasteiger partial charge in [0.15, 0.2) is 18.3 Å². The number of carbonyl (C=O) groups is 7. The highest BCUT2D eigenvalue weighted by atomic mass is 16.8. The van der Waals surface area contributed by atoms with E-state index >= 15 is 0 Å². The Morgan fingerprint density at radius 1 is 0.780 bits per heavy atom. The third-order valence-electron chi connectivity index (χ3n) is 7.83. The Balaban J connectivity index is 1.68. The van der Waals surface area contributed by atoms with Crippen molar-refractivity contribution in [3.05, 3.63) is 53.3 Å². The molecule has 0 bridgehead atoms. The number of rotatable bonds is 12. The molecule has 1 aliphatic carbocycles. The Morgan fingerprint density at radius 3 is 1.96 bits per heavy atom. The van der Waals surface area contributed by atoms with Crippen LogP contribution in [-0.2, 0) is 66.7 Å². The molecule has 0 aromatic heterocycles. The summed E-state index contributed by atoms with van der Waals surface area (Å²) in [7, 11) is 0. The van der Waals surface area contributed by atoms with Crippen LogP contribution in [0.1, 0.15) is 51.4 Å². The number of ether oxygens (including phenoxy) is 8. The molecule has 0 radical (unpaired) electrons. The van der Waals surface area contributed by atoms with Gasteiger partial charge in [-0.05, 0) is 36.3 Å². The minimum Gasteiger partial charge on any atom is -0.478 e. The quantitative estimate of drug-likeness (QED) is 0.180. The van der Waals surface area contributed by atoms with Crippen molar-refractivity contribution in [2.75, 3.05) is 18.5 Å². The summed E-state index contributed by atoms with van der Waals surface area (Å²) in [5, 5.41) is 11.9. The molecule has 270 valence electrons. The molecule has 1 fully saturated rings. The lowest BCUT2D eigenvalue weighted by Gasteiger charge is -2.45. The molecule has 0 saturated carbocycles. The van der Waals surface area contributed by atoms with Crippen molar-refractivity contribution in [2.45, 2.75) is 78.0 Å². The van der Waals surface area contributed by atoms with Crippen molar-refractivity contribution in [3.63, 3.8) is 0 Å². The van der Waals surface area contributed by atoms with E-state index < -0.39 is 97.2 Å². The SMILES string of the molecule is CC(=O)OCC1=CC[C@@H]2C(C(=O)Nc3ccc(C(=O)O)cc3)=CO[C@@H](O[C@@H]3O[C@H](COC(C)=O)[C@@H](OC(C)=O)[C@H](OC(C)=O)[C@H]3OC(C)=O)[C@H]12. The standard InChI is InChI=1S/C33H37NO16/c1-15(35)43-12-21-8-11-23-24(30(40)34-22-9-6-20(7-10-22)31(41)42)13-45-32(26(21)23)50-33-29(48-19(5)39)28(47-18(4)38)27(46-17(3)37)25(49-33)14-44-16(2)36/h6-10,13,23,25-29,32-33H,11-12,14H2,1-5H3,(H,34,40)(H,41,42)/t23-,25-,26-,27-,28+,29-,32+,33+/m1/s1. The lowest BCUT2D eigenvalue weighted by Crippen LogP contribution is -2.63. The molecule has 0 unspecified atom stereocenters. The number of allylic oxidation sites excluding steroid dienone is 1. The molecule has 3 aliphatic rings. The highest BCUT2D eigenvalue weighted by molar-refractivity contribution is 6.04. The lowest BCUT2D eigenvalue weighted by molar-refractivity contribution is -0.342. The van der Waals surface area contributed by atoms with Crippen LogP contribution in [0.2, 0.25) is 0 Å². The second kappa shape index (κ2) is 16.4. The summed E-state index contributed by atoms with van der Waals surface area (Å²) in [4.78, 5) is 84.7. The maximum absolute atomic E-state index is 13.5. The number of benzene rings is 1. The van der Waals surface area contributed by atoms with Crippen LogP contribution in [-0.4, -0.2) is 97.0 Å². The molecule has 2 aliphatic heterocycles. The second-order valence-electron chi connectivity index (χ2n) is 11.5. The van der Waals surface area contributed by atoms with E-state index in [-0.39, 0.29) is 17.7 Å². The number of hydrogen-bond donors (Lipinski definition) is 2. The molecule has 2 heterocycles. The van der Waals surface area contributed by atoms with Crippen LogP contribution in [0.4, 0.5) is 5.69 Å². The number of anilines is 1. The van der Waals surface area contributed by atoms with Gasteiger partial charge in [0.25, 0.3) is 5.91 Å². The van der Waals surface area contributed by atoms with Gasteiger partial charge in [-0.2, -0.15) is 0 Å². The summed E-state index contributed by atoms with van der Waals surface area (Å²) >= 11 is 0. The zero-order valence-corrected chi connectivity index (χ0v) is 27.8. The van der Waals surface area contributed by atoms with Crippen LogP contribution in [0.5, 0.6) is 0 Å². The van der Waals surface area contributed by atoms with Crippen LogP contribution in [0.25, 0.3) is 0 Å². The Bertz CT molecular complexity index is 1570. The molecule has 0 spiro atoms. The van der Waals surface area contributed by atoms with E-state index in [0.717, 1.165) is 27.7 Å². The van der Waals surface area contributed by atoms with Gasteiger partial charge in [0.2, 0.25) is 12.6 Å². The summed E-state index contributed by atoms with van der Waals surface area (Å²) in [5.41, 5.74) is 1.07. The summed E-state index contributed by atoms with van der Waals surface area (Å²) in [6, 6.07) is 5.52. The van der Waals surface area contributed by atoms with Gasteiger partial charge in [0.05, 0.1) is 23.3 Å². The van der Waals surface area contributed by atoms with Crippen LogP contribution < -0.4 is 5.32 Å². The zero-order valence-electron chi connectivity index (χ0n) is 27.8. The molecule has 50 heavy (non-hydrogen) atoms. The molecule has 2 N–H and O–H groups in total. The number of carboxylic acids is 1. The monoisotopic (exact) mass is 703 g/mol. The Morgan fingerprint density at radius 2 is 1.38 bits per heavy atom. The van der Waals surface area contributed by atoms with E-state index in [0.29, 0.717) is 17.7 Å². The van der Waals surface area contributed by atoms with Crippen molar-refractivity contribution in [2.24, 2.45) is 11.8 Å². The van der Waals surface area contributed by atoms with Gasteiger partial charge in [0, 0.05) is 46.2 Å². The van der Waals surface area contributed by atoms with Gasteiger partial charge in [-0.3, -0.25) is 28.8 Å². The summed E-state index contributed by atoms with van der Waals surface area (Å²) in [6.07, 6.45) is -5.37. The van der Waals surface area contributed by atoms with Crippen LogP contribution in [0.3, 0.4) is 0 Å². The van der Waals surface area contributed by atoms with Gasteiger partial charge < -0.3 is 48.3 Å². The fraction of sp³-hybridized carbons (Fsp3) is 0.485. The maximum atomic E-state index is 13.5. The first-order valence-corrected chi connectivity index (χ1v) is 15.4. The summed E-state index contributed by atoms with van der Waals surface area (Å²) in [6.45, 7) is 4.97. The zero-order chi connectivity index (χ0) is 36.7. The Kier molecular flexibility index (Phi) is 12.3. The van der Waals surface area contributed by atoms with Crippen molar-refractivity contribution in [1.82, 2.24) is 0 Å². The number of fused-ring (bicyclic) bond motifs is 1. The number of carboxylic acid groups (broad SMARTS) is 1. The fourth-order valence-corrected chi connectivity index (χ4v) is 5.83. The number of amides is 1. The molecular formula is C33H37NO16. The first-order chi connectivity index (χ1) is 23.6. The summed E-state index contributed by atoms with van der Waals surface area (Å²) in [5.74, 6) is -6.79. The smallest absolute Gasteiger partial charge is 0.335 e. The molecule has 8 atom stereocenters. The van der Waals surface area contributed by atoms with E-state index in [4.69, 9.17) is 37.9 Å². The topological polar surface area (TPSA) is 226 Å². The molecule has 17 nitrogen and oxygen atoms in total. The van der Waals surface area contributed by atoms with Crippen LogP contribution >= 0.6 is 0 Å². The average Bonchev–Trinajstić information content (AvgIpc) is 3.46. The van der Waals surface area contributed by atoms with Crippen LogP contribution in [0.15, 0.2) is 47.7 Å². The second-order valence-corrected chi connectivity index (χ2v) is 11.5. The fourth-order valence-electron chi connectivity index (χ4n) is 5.83. The summed E-state index contributed by atoms with van der Waals surface area (Å²) < 4.78 is 45.0. The number of aromatic carboxylic acids is 1. The molecule has 1 saturated heterocycles. The minimum atomic E-state index is -1.59. The predicted molar refractivity (Wildman–Crippen MR) is 164 cm³/mol. The van der Waals surface area contributed by atoms with Crippen molar-refractivity contribution >= 4 is 47.4 Å². The van der Waals surface area contributed by atoms with Crippen molar-refractivity contribution in [3.8, 4) is 0 Å². The molecule has 1 aromatic carbocycles. The van der Waals surface area contributed by atoms with Gasteiger partial charge in [0.1, 0.15) is 19.3 Å². The van der Waals surface area contributed by atoms with Gasteiger partial charge in [-0.1, -0.05) is 6.08 Å². The van der Waals surface area contributed by atoms with E-state index in [1.165, 1.54) is 37.5 Å². The largest absolute Gasteiger partial charge is 0.478 e. The van der Waals surface area contributed by atoms with Crippen molar-refractivity contribution in [1.29, 1.82) is 0 Å². The van der Waals surface area contributed by atoms with Gasteiger partial charge in [-0.15, -0.1) is 0 Å². The first-order valence-electron chi connectivity index (χ1n) is 15.4. The van der Waals surface area contributed by atoms with E-state index in [1.807, 2.05) is 0 Å². The highest BCUT2D eigenvalue weighted by Crippen LogP contribution is 2.45. The highest BCUT2D eigenvalue weighted by Gasteiger charge is 2.55. The molecule has 1 aromatic rings. The number of carbonyl (C=O) groups excluding carboxylic acids is 6. The van der Waals surface area contributed by atoms with E-state index in [1.54, 1.807) is 6.08 Å². The first kappa shape index (κ1) is 37.5. The third kappa shape index (κ3) is 9.44. The molecule has 17 heteroatoms. The molecule has 4 rings (SSSR count). The maximum Gasteiger partial charge on any atom is 0.335 e. The Labute approximate surface area is 285 Å². The van der Waals surface area contributed by atoms with Gasteiger partial charge in [-0.25, -0.2) is 4.79 Å². The normalized spacial score (nSPS) is 26.8. The van der Waals surface area contributed by atoms with Crippen molar-refractivity contribution < 1.29 is 76.6 Å². The number of esters is 5. The third-order valence-corrected chi connectivity index (χ3v) is 7.83.